The van der Waals surface area contributed by atoms with Crippen LogP contribution in [0.5, 0.6) is 0 Å². The van der Waals surface area contributed by atoms with Crippen molar-refractivity contribution in [2.45, 2.75) is 19.5 Å². The molecule has 1 heterocycles. The van der Waals surface area contributed by atoms with Gasteiger partial charge in [0.05, 0.1) is 12.7 Å². The standard InChI is InChI=1S/C9H16F2N2O2/c1-2-13-3-4-15-7(6-13)5-12-9(14)8(10)11/h7-8H,2-6H2,1H3,(H,12,14). The Hall–Kier alpha value is -0.750. The van der Waals surface area contributed by atoms with Crippen LogP contribution in [0.2, 0.25) is 0 Å². The summed E-state index contributed by atoms with van der Waals surface area (Å²) in [7, 11) is 0. The fourth-order valence-corrected chi connectivity index (χ4v) is 1.48. The summed E-state index contributed by atoms with van der Waals surface area (Å²) in [5.41, 5.74) is 0. The van der Waals surface area contributed by atoms with E-state index < -0.39 is 12.3 Å². The molecule has 1 atom stereocenters. The average molecular weight is 222 g/mol. The Morgan fingerprint density at radius 3 is 3.00 bits per heavy atom. The zero-order valence-corrected chi connectivity index (χ0v) is 8.71. The molecule has 0 aromatic heterocycles. The lowest BCUT2D eigenvalue weighted by atomic mass is 10.2. The third-order valence-electron chi connectivity index (χ3n) is 2.37. The van der Waals surface area contributed by atoms with Gasteiger partial charge in [0.1, 0.15) is 0 Å². The Balaban J connectivity index is 2.23. The molecule has 0 aliphatic carbocycles. The normalized spacial score (nSPS) is 23.1. The molecule has 1 amide bonds. The number of alkyl halides is 2. The largest absolute Gasteiger partial charge is 0.374 e. The summed E-state index contributed by atoms with van der Waals surface area (Å²) in [5, 5.41) is 2.16. The smallest absolute Gasteiger partial charge is 0.315 e. The molecule has 1 rings (SSSR count). The van der Waals surface area contributed by atoms with Crippen LogP contribution >= 0.6 is 0 Å². The summed E-state index contributed by atoms with van der Waals surface area (Å²) < 4.78 is 29.1. The van der Waals surface area contributed by atoms with Gasteiger partial charge in [0.2, 0.25) is 0 Å². The number of ether oxygens (including phenoxy) is 1. The Labute approximate surface area is 87.6 Å². The molecule has 0 saturated carbocycles. The zero-order chi connectivity index (χ0) is 11.3. The number of amides is 1. The number of likely N-dealkylation sites (N-methyl/N-ethyl adjacent to an activating group) is 1. The maximum Gasteiger partial charge on any atom is 0.315 e. The monoisotopic (exact) mass is 222 g/mol. The van der Waals surface area contributed by atoms with Crippen LogP contribution < -0.4 is 5.32 Å². The third kappa shape index (κ3) is 4.09. The zero-order valence-electron chi connectivity index (χ0n) is 8.71. The molecule has 6 heteroatoms. The molecule has 1 fully saturated rings. The molecule has 88 valence electrons. The second-order valence-electron chi connectivity index (χ2n) is 3.43. The van der Waals surface area contributed by atoms with E-state index in [1.165, 1.54) is 0 Å². The summed E-state index contributed by atoms with van der Waals surface area (Å²) >= 11 is 0. The van der Waals surface area contributed by atoms with Crippen molar-refractivity contribution in [2.75, 3.05) is 32.8 Å². The quantitative estimate of drug-likeness (QED) is 0.733. The van der Waals surface area contributed by atoms with E-state index in [2.05, 4.69) is 10.2 Å². The van der Waals surface area contributed by atoms with Crippen molar-refractivity contribution in [2.24, 2.45) is 0 Å². The number of hydrogen-bond acceptors (Lipinski definition) is 3. The van der Waals surface area contributed by atoms with Crippen LogP contribution in [-0.4, -0.2) is 56.1 Å². The summed E-state index contributed by atoms with van der Waals surface area (Å²) in [4.78, 5) is 12.8. The van der Waals surface area contributed by atoms with Crippen molar-refractivity contribution < 1.29 is 18.3 Å². The van der Waals surface area contributed by atoms with Gasteiger partial charge in [-0.3, -0.25) is 9.69 Å². The van der Waals surface area contributed by atoms with Crippen LogP contribution in [0, 0.1) is 0 Å². The highest BCUT2D eigenvalue weighted by molar-refractivity contribution is 5.79. The predicted octanol–water partition coefficient (Wildman–Crippen LogP) is 0.0884. The number of nitrogens with one attached hydrogen (secondary N) is 1. The molecular formula is C9H16F2N2O2. The van der Waals surface area contributed by atoms with E-state index >= 15 is 0 Å². The first-order valence-electron chi connectivity index (χ1n) is 5.03. The summed E-state index contributed by atoms with van der Waals surface area (Å²) in [6.45, 7) is 5.21. The van der Waals surface area contributed by atoms with E-state index in [0.717, 1.165) is 13.1 Å². The molecule has 4 nitrogen and oxygen atoms in total. The summed E-state index contributed by atoms with van der Waals surface area (Å²) in [6, 6.07) is 0. The molecule has 1 aliphatic rings. The highest BCUT2D eigenvalue weighted by atomic mass is 19.3. The van der Waals surface area contributed by atoms with E-state index in [1.807, 2.05) is 6.92 Å². The van der Waals surface area contributed by atoms with Crippen molar-refractivity contribution in [3.8, 4) is 0 Å². The van der Waals surface area contributed by atoms with Crippen LogP contribution in [0.3, 0.4) is 0 Å². The highest BCUT2D eigenvalue weighted by Crippen LogP contribution is 2.03. The Kier molecular flexibility index (Phi) is 4.90. The van der Waals surface area contributed by atoms with Gasteiger partial charge in [0, 0.05) is 19.6 Å². The fourth-order valence-electron chi connectivity index (χ4n) is 1.48. The maximum atomic E-state index is 11.9. The van der Waals surface area contributed by atoms with Crippen LogP contribution in [0.1, 0.15) is 6.92 Å². The number of carbonyl (C=O) groups is 1. The number of carbonyl (C=O) groups excluding carboxylic acids is 1. The van der Waals surface area contributed by atoms with Gasteiger partial charge in [0.25, 0.3) is 5.91 Å². The lowest BCUT2D eigenvalue weighted by Gasteiger charge is -2.32. The number of halogens is 2. The highest BCUT2D eigenvalue weighted by Gasteiger charge is 2.21. The first-order valence-corrected chi connectivity index (χ1v) is 5.03. The minimum absolute atomic E-state index is 0.152. The molecule has 1 saturated heterocycles. The first-order chi connectivity index (χ1) is 7.13. The molecule has 0 aromatic carbocycles. The van der Waals surface area contributed by atoms with E-state index in [-0.39, 0.29) is 12.6 Å². The van der Waals surface area contributed by atoms with Gasteiger partial charge in [-0.2, -0.15) is 8.78 Å². The van der Waals surface area contributed by atoms with Crippen LogP contribution in [0.25, 0.3) is 0 Å². The molecule has 1 N–H and O–H groups in total. The Bertz CT molecular complexity index is 214. The molecule has 0 radical (unpaired) electrons. The molecule has 1 unspecified atom stereocenters. The number of hydrogen-bond donors (Lipinski definition) is 1. The second kappa shape index (κ2) is 5.97. The number of rotatable bonds is 4. The number of nitrogens with zero attached hydrogens (tertiary/aromatic N) is 1. The SMILES string of the molecule is CCN1CCOC(CNC(=O)C(F)F)C1. The molecule has 0 bridgehead atoms. The third-order valence-corrected chi connectivity index (χ3v) is 2.37. The average Bonchev–Trinajstić information content (AvgIpc) is 2.26. The van der Waals surface area contributed by atoms with E-state index in [1.54, 1.807) is 0 Å². The van der Waals surface area contributed by atoms with Crippen LogP contribution in [0.4, 0.5) is 8.78 Å². The minimum atomic E-state index is -2.95. The second-order valence-corrected chi connectivity index (χ2v) is 3.43. The van der Waals surface area contributed by atoms with Crippen molar-refractivity contribution in [1.82, 2.24) is 10.2 Å². The molecule has 1 aliphatic heterocycles. The van der Waals surface area contributed by atoms with Crippen molar-refractivity contribution in [3.05, 3.63) is 0 Å². The van der Waals surface area contributed by atoms with Crippen LogP contribution in [-0.2, 0) is 9.53 Å². The van der Waals surface area contributed by atoms with Gasteiger partial charge in [0.15, 0.2) is 0 Å². The van der Waals surface area contributed by atoms with Gasteiger partial charge < -0.3 is 10.1 Å². The molecule has 0 spiro atoms. The lowest BCUT2D eigenvalue weighted by molar-refractivity contribution is -0.132. The Morgan fingerprint density at radius 2 is 2.40 bits per heavy atom. The molecule has 0 aromatic rings. The lowest BCUT2D eigenvalue weighted by Crippen LogP contribution is -2.48. The van der Waals surface area contributed by atoms with Gasteiger partial charge >= 0.3 is 6.43 Å². The van der Waals surface area contributed by atoms with Gasteiger partial charge in [-0.15, -0.1) is 0 Å². The predicted molar refractivity (Wildman–Crippen MR) is 50.9 cm³/mol. The van der Waals surface area contributed by atoms with Crippen molar-refractivity contribution in [1.29, 1.82) is 0 Å². The van der Waals surface area contributed by atoms with E-state index in [9.17, 15) is 13.6 Å². The minimum Gasteiger partial charge on any atom is -0.374 e. The van der Waals surface area contributed by atoms with E-state index in [0.29, 0.717) is 13.2 Å². The van der Waals surface area contributed by atoms with Gasteiger partial charge in [-0.1, -0.05) is 6.92 Å². The Morgan fingerprint density at radius 1 is 1.67 bits per heavy atom. The van der Waals surface area contributed by atoms with Gasteiger partial charge in [-0.25, -0.2) is 0 Å². The summed E-state index contributed by atoms with van der Waals surface area (Å²) in [5.74, 6) is -1.23. The fraction of sp³-hybridized carbons (Fsp3) is 0.889. The van der Waals surface area contributed by atoms with Gasteiger partial charge in [-0.05, 0) is 6.54 Å². The molecule has 15 heavy (non-hydrogen) atoms. The molecular weight excluding hydrogens is 206 g/mol. The van der Waals surface area contributed by atoms with Crippen molar-refractivity contribution >= 4 is 5.91 Å². The summed E-state index contributed by atoms with van der Waals surface area (Å²) in [6.07, 6.45) is -3.13. The topological polar surface area (TPSA) is 41.6 Å². The first kappa shape index (κ1) is 12.3. The number of morpholine rings is 1. The van der Waals surface area contributed by atoms with Crippen LogP contribution in [0.15, 0.2) is 0 Å². The van der Waals surface area contributed by atoms with Crippen molar-refractivity contribution in [3.63, 3.8) is 0 Å². The van der Waals surface area contributed by atoms with E-state index in [4.69, 9.17) is 4.74 Å². The maximum absolute atomic E-state index is 11.9.